The smallest absolute Gasteiger partial charge is 0.186 e. The van der Waals surface area contributed by atoms with Crippen molar-refractivity contribution in [2.75, 3.05) is 19.8 Å². The van der Waals surface area contributed by atoms with E-state index in [1.165, 1.54) is 0 Å². The first-order valence-corrected chi connectivity index (χ1v) is 6.99. The minimum absolute atomic E-state index is 0. The molecule has 1 aliphatic rings. The van der Waals surface area contributed by atoms with E-state index in [-0.39, 0.29) is 11.0 Å². The molecule has 0 amide bonds. The molecule has 0 radical (unpaired) electrons. The van der Waals surface area contributed by atoms with E-state index in [1.807, 2.05) is 0 Å². The Labute approximate surface area is 142 Å². The van der Waals surface area contributed by atoms with Crippen molar-refractivity contribution in [1.82, 2.24) is 0 Å². The van der Waals surface area contributed by atoms with Crippen LogP contribution in [-0.4, -0.2) is 132 Å². The fourth-order valence-corrected chi connectivity index (χ4v) is 2.06. The maximum absolute atomic E-state index is 9.70. The van der Waals surface area contributed by atoms with Gasteiger partial charge in [-0.3, -0.25) is 0 Å². The van der Waals surface area contributed by atoms with Gasteiger partial charge in [-0.05, 0) is 0 Å². The molecule has 1 unspecified atom stereocenters. The number of ether oxygens (including phenoxy) is 2. The maximum atomic E-state index is 9.70. The van der Waals surface area contributed by atoms with E-state index in [0.29, 0.717) is 0 Å². The molecule has 0 aromatic heterocycles. The van der Waals surface area contributed by atoms with E-state index in [2.05, 4.69) is 0 Å². The minimum atomic E-state index is -1.86. The molecule has 0 saturated carbocycles. The van der Waals surface area contributed by atoms with Crippen LogP contribution in [0.15, 0.2) is 0 Å². The zero-order valence-corrected chi connectivity index (χ0v) is 13.2. The first kappa shape index (κ1) is 26.7. The third-order valence-corrected chi connectivity index (χ3v) is 3.61. The van der Waals surface area contributed by atoms with Crippen LogP contribution >= 0.6 is 0 Å². The van der Waals surface area contributed by atoms with Crippen molar-refractivity contribution in [3.8, 4) is 0 Å². The first-order valence-electron chi connectivity index (χ1n) is 6.99. The van der Waals surface area contributed by atoms with Gasteiger partial charge in [-0.1, -0.05) is 0 Å². The van der Waals surface area contributed by atoms with Gasteiger partial charge in [0, 0.05) is 0 Å². The highest BCUT2D eigenvalue weighted by Gasteiger charge is 2.44. The summed E-state index contributed by atoms with van der Waals surface area (Å²) < 4.78 is 9.99. The molecule has 1 aliphatic heterocycles. The van der Waals surface area contributed by atoms with E-state index < -0.39 is 74.9 Å². The Morgan fingerprint density at radius 2 is 1.32 bits per heavy atom. The number of hydrogen-bond acceptors (Lipinski definition) is 11. The zero-order valence-electron chi connectivity index (χ0n) is 13.2. The fraction of sp³-hybridized carbons (Fsp3) is 1.00. The van der Waals surface area contributed by atoms with Gasteiger partial charge in [0.15, 0.2) is 6.29 Å². The Balaban J connectivity index is 0. The predicted molar refractivity (Wildman–Crippen MR) is 78.1 cm³/mol. The summed E-state index contributed by atoms with van der Waals surface area (Å²) in [7, 11) is 0. The molecule has 13 heteroatoms. The highest BCUT2D eigenvalue weighted by Crippen LogP contribution is 2.22. The molecule has 0 aromatic rings. The van der Waals surface area contributed by atoms with Crippen LogP contribution in [0.1, 0.15) is 0 Å². The molecule has 13 nitrogen and oxygen atoms in total. The molecule has 0 aliphatic carbocycles. The van der Waals surface area contributed by atoms with Crippen LogP contribution in [0.3, 0.4) is 0 Å². The Bertz CT molecular complexity index is 343. The van der Waals surface area contributed by atoms with Crippen molar-refractivity contribution in [3.05, 3.63) is 0 Å². The Morgan fingerprint density at radius 3 is 1.80 bits per heavy atom. The highest BCUT2D eigenvalue weighted by atomic mass is 16.7. The van der Waals surface area contributed by atoms with E-state index in [0.717, 1.165) is 0 Å². The summed E-state index contributed by atoms with van der Waals surface area (Å²) in [6, 6.07) is 0. The van der Waals surface area contributed by atoms with Crippen molar-refractivity contribution >= 4 is 0 Å². The number of rotatable bonds is 8. The normalized spacial score (nSPS) is 34.2. The van der Waals surface area contributed by atoms with Gasteiger partial charge in [0.1, 0.15) is 48.8 Å². The molecule has 154 valence electrons. The summed E-state index contributed by atoms with van der Waals surface area (Å²) in [4.78, 5) is 0. The lowest BCUT2D eigenvalue weighted by atomic mass is 9.99. The predicted octanol–water partition coefficient (Wildman–Crippen LogP) is -7.41. The van der Waals surface area contributed by atoms with Crippen LogP contribution in [0.4, 0.5) is 0 Å². The number of aliphatic hydroxyl groups is 9. The summed E-state index contributed by atoms with van der Waals surface area (Å²) in [5.74, 6) is 0. The average molecular weight is 380 g/mol. The third-order valence-electron chi connectivity index (χ3n) is 3.61. The molecule has 0 bridgehead atoms. The molecule has 0 aromatic carbocycles. The average Bonchev–Trinajstić information content (AvgIpc) is 2.56. The van der Waals surface area contributed by atoms with Crippen molar-refractivity contribution in [2.24, 2.45) is 0 Å². The van der Waals surface area contributed by atoms with Crippen LogP contribution < -0.4 is 0 Å². The van der Waals surface area contributed by atoms with Crippen molar-refractivity contribution in [1.29, 1.82) is 0 Å². The topological polar surface area (TPSA) is 264 Å². The van der Waals surface area contributed by atoms with Crippen molar-refractivity contribution < 1.29 is 66.4 Å². The van der Waals surface area contributed by atoms with Gasteiger partial charge in [0.25, 0.3) is 0 Å². The quantitative estimate of drug-likeness (QED) is 0.191. The highest BCUT2D eigenvalue weighted by molar-refractivity contribution is 4.89. The molecule has 13 N–H and O–H groups in total. The summed E-state index contributed by atoms with van der Waals surface area (Å²) in [5.41, 5.74) is 0. The second kappa shape index (κ2) is 12.0. The summed E-state index contributed by atoms with van der Waals surface area (Å²) in [6.07, 6.45) is -14.7. The number of aliphatic hydroxyl groups excluding tert-OH is 9. The lowest BCUT2D eigenvalue weighted by Crippen LogP contribution is -2.59. The molecule has 1 rings (SSSR count). The number of hydrogen-bond donors (Lipinski definition) is 9. The molecule has 0 spiro atoms. The third kappa shape index (κ3) is 6.61. The van der Waals surface area contributed by atoms with Gasteiger partial charge in [0.05, 0.1) is 19.8 Å². The summed E-state index contributed by atoms with van der Waals surface area (Å²) >= 11 is 0. The zero-order chi connectivity index (χ0) is 17.7. The van der Waals surface area contributed by atoms with Crippen LogP contribution in [0, 0.1) is 0 Å². The van der Waals surface area contributed by atoms with Gasteiger partial charge < -0.3 is 66.4 Å². The standard InChI is InChI=1S/C12H24O11.2H2O/c13-1-4(15)7(17)8(18)5(16)3-22-12-11(21)10(20)9(19)6(2-14)23-12;;/h4-21H,1-3H2;2*1H2/t4?,5-,6-,7-,8-,9-,10+,11-,12+;;/m1../s1. The van der Waals surface area contributed by atoms with Crippen molar-refractivity contribution in [2.45, 2.75) is 55.1 Å². The van der Waals surface area contributed by atoms with Crippen LogP contribution in [0.25, 0.3) is 0 Å². The Kier molecular flexibility index (Phi) is 12.8. The van der Waals surface area contributed by atoms with Gasteiger partial charge in [-0.2, -0.15) is 0 Å². The van der Waals surface area contributed by atoms with Gasteiger partial charge in [0.2, 0.25) is 0 Å². The van der Waals surface area contributed by atoms with Crippen LogP contribution in [0.5, 0.6) is 0 Å². The fourth-order valence-electron chi connectivity index (χ4n) is 2.06. The molecular formula is C12H28O13. The van der Waals surface area contributed by atoms with Crippen molar-refractivity contribution in [3.63, 3.8) is 0 Å². The van der Waals surface area contributed by atoms with Crippen LogP contribution in [-0.2, 0) is 9.47 Å². The molecule has 1 fully saturated rings. The maximum Gasteiger partial charge on any atom is 0.186 e. The summed E-state index contributed by atoms with van der Waals surface area (Å²) in [6.45, 7) is -2.16. The van der Waals surface area contributed by atoms with Crippen LogP contribution in [0.2, 0.25) is 0 Å². The second-order valence-electron chi connectivity index (χ2n) is 5.33. The first-order chi connectivity index (χ1) is 10.7. The monoisotopic (exact) mass is 380 g/mol. The van der Waals surface area contributed by atoms with Gasteiger partial charge >= 0.3 is 0 Å². The Hall–Kier alpha value is -0.520. The molecule has 25 heavy (non-hydrogen) atoms. The molecule has 9 atom stereocenters. The summed E-state index contributed by atoms with van der Waals surface area (Å²) in [5, 5.41) is 84.4. The lowest BCUT2D eigenvalue weighted by Gasteiger charge is -2.40. The van der Waals surface area contributed by atoms with Gasteiger partial charge in [-0.15, -0.1) is 0 Å². The minimum Gasteiger partial charge on any atom is -0.412 e. The molecule has 1 saturated heterocycles. The van der Waals surface area contributed by atoms with Gasteiger partial charge in [-0.25, -0.2) is 0 Å². The van der Waals surface area contributed by atoms with E-state index >= 15 is 0 Å². The second-order valence-corrected chi connectivity index (χ2v) is 5.33. The van der Waals surface area contributed by atoms with E-state index in [9.17, 15) is 35.7 Å². The van der Waals surface area contributed by atoms with E-state index in [4.69, 9.17) is 19.7 Å². The largest absolute Gasteiger partial charge is 0.412 e. The lowest BCUT2D eigenvalue weighted by molar-refractivity contribution is -0.306. The van der Waals surface area contributed by atoms with E-state index in [1.54, 1.807) is 0 Å². The SMILES string of the molecule is O.O.OCC(O)[C@@H](O)[C@H](O)[C@H](O)CO[C@H]1O[C@H](CO)[C@@H](O)[C@H](O)[C@H]1O. The molecule has 1 heterocycles. The molecular weight excluding hydrogens is 352 g/mol. The Morgan fingerprint density at radius 1 is 0.800 bits per heavy atom.